The van der Waals surface area contributed by atoms with Gasteiger partial charge in [-0.25, -0.2) is 9.37 Å². The first-order chi connectivity index (χ1) is 19.8. The number of rotatable bonds is 2. The van der Waals surface area contributed by atoms with E-state index in [4.69, 9.17) is 19.6 Å². The van der Waals surface area contributed by atoms with Crippen molar-refractivity contribution in [3.63, 3.8) is 0 Å². The van der Waals surface area contributed by atoms with Gasteiger partial charge in [-0.1, -0.05) is 30.4 Å². The molecule has 41 heavy (non-hydrogen) atoms. The number of carboxylic acid groups (broad SMARTS) is 1. The first-order valence-electron chi connectivity index (χ1n) is 14.0. The van der Waals surface area contributed by atoms with Crippen molar-refractivity contribution in [1.82, 2.24) is 14.6 Å². The van der Waals surface area contributed by atoms with Crippen LogP contribution in [0.4, 0.5) is 10.2 Å². The summed E-state index contributed by atoms with van der Waals surface area (Å²) in [7, 11) is 0. The van der Waals surface area contributed by atoms with Crippen molar-refractivity contribution in [1.29, 1.82) is 0 Å². The Morgan fingerprint density at radius 1 is 1.10 bits per heavy atom. The molecule has 0 saturated carbocycles. The van der Waals surface area contributed by atoms with E-state index in [9.17, 15) is 14.3 Å². The number of piperidine rings is 1. The molecule has 1 saturated heterocycles. The van der Waals surface area contributed by atoms with E-state index < -0.39 is 5.97 Å². The number of benzene rings is 2. The van der Waals surface area contributed by atoms with Gasteiger partial charge in [0.25, 0.3) is 0 Å². The van der Waals surface area contributed by atoms with E-state index in [0.29, 0.717) is 61.1 Å². The van der Waals surface area contributed by atoms with E-state index in [1.165, 1.54) is 12.1 Å². The number of aryl methyl sites for hydroxylation is 1. The second-order valence-corrected chi connectivity index (χ2v) is 10.9. The van der Waals surface area contributed by atoms with Gasteiger partial charge in [0, 0.05) is 47.6 Å². The molecule has 1 fully saturated rings. The van der Waals surface area contributed by atoms with E-state index in [2.05, 4.69) is 11.8 Å². The van der Waals surface area contributed by atoms with Crippen LogP contribution in [0.25, 0.3) is 28.0 Å². The summed E-state index contributed by atoms with van der Waals surface area (Å²) in [6, 6.07) is 14.4. The number of carboxylic acids is 1. The number of aromatic nitrogens is 3. The predicted molar refractivity (Wildman–Crippen MR) is 155 cm³/mol. The lowest BCUT2D eigenvalue weighted by Crippen LogP contribution is -2.45. The summed E-state index contributed by atoms with van der Waals surface area (Å²) in [5.41, 5.74) is 4.93. The fraction of sp³-hybridized carbons (Fsp3) is 0.344. The minimum Gasteiger partial charge on any atom is -0.493 e. The van der Waals surface area contributed by atoms with Crippen LogP contribution in [0.5, 0.6) is 5.75 Å². The van der Waals surface area contributed by atoms with Gasteiger partial charge in [0.05, 0.1) is 30.9 Å². The molecule has 8 nitrogen and oxygen atoms in total. The smallest absolute Gasteiger partial charge is 0.308 e. The second kappa shape index (κ2) is 11.0. The van der Waals surface area contributed by atoms with Crippen molar-refractivity contribution in [3.8, 4) is 28.1 Å². The molecular formula is C32H33FN4O4. The van der Waals surface area contributed by atoms with Crippen molar-refractivity contribution in [3.05, 3.63) is 77.8 Å². The van der Waals surface area contributed by atoms with Crippen LogP contribution in [-0.2, 0) is 16.0 Å². The number of anilines is 1. The Balaban J connectivity index is 1.50. The van der Waals surface area contributed by atoms with Crippen LogP contribution in [0.15, 0.2) is 60.7 Å². The lowest BCUT2D eigenvalue weighted by Gasteiger charge is -2.40. The van der Waals surface area contributed by atoms with Gasteiger partial charge in [0.2, 0.25) is 0 Å². The SMILES string of the molecule is Cc1nc2cc3nn2c(c1CC(=O)O)N1CCC(C)(CC1)OC/C=C\CCOc1cc(F)ccc1-c1cccc-3c1. The van der Waals surface area contributed by atoms with Gasteiger partial charge in [-0.3, -0.25) is 4.79 Å². The highest BCUT2D eigenvalue weighted by Gasteiger charge is 2.33. The van der Waals surface area contributed by atoms with Gasteiger partial charge in [-0.15, -0.1) is 0 Å². The first kappa shape index (κ1) is 27.0. The fourth-order valence-corrected chi connectivity index (χ4v) is 5.67. The molecule has 0 unspecified atom stereocenters. The largest absolute Gasteiger partial charge is 0.493 e. The summed E-state index contributed by atoms with van der Waals surface area (Å²) in [5.74, 6) is -0.0241. The number of aliphatic carboxylic acids is 1. The average molecular weight is 557 g/mol. The lowest BCUT2D eigenvalue weighted by atomic mass is 9.93. The second-order valence-electron chi connectivity index (χ2n) is 10.9. The number of halogens is 1. The fourth-order valence-electron chi connectivity index (χ4n) is 5.67. The molecular weight excluding hydrogens is 523 g/mol. The van der Waals surface area contributed by atoms with Gasteiger partial charge >= 0.3 is 5.97 Å². The quantitative estimate of drug-likeness (QED) is 0.310. The van der Waals surface area contributed by atoms with Gasteiger partial charge in [0.1, 0.15) is 17.4 Å². The van der Waals surface area contributed by atoms with Crippen molar-refractivity contribution >= 4 is 17.4 Å². The Labute approximate surface area is 238 Å². The summed E-state index contributed by atoms with van der Waals surface area (Å²) in [5, 5.41) is 14.7. The van der Waals surface area contributed by atoms with Crippen LogP contribution < -0.4 is 9.64 Å². The molecule has 0 radical (unpaired) electrons. The van der Waals surface area contributed by atoms with Crippen molar-refractivity contribution in [2.45, 2.75) is 45.1 Å². The van der Waals surface area contributed by atoms with E-state index in [1.54, 1.807) is 10.6 Å². The molecule has 3 aliphatic rings. The minimum atomic E-state index is -0.911. The van der Waals surface area contributed by atoms with Crippen LogP contribution in [-0.4, -0.2) is 57.6 Å². The van der Waals surface area contributed by atoms with Crippen molar-refractivity contribution < 1.29 is 23.8 Å². The van der Waals surface area contributed by atoms with Crippen LogP contribution in [0.3, 0.4) is 0 Å². The molecule has 2 aromatic heterocycles. The normalized spacial score (nSPS) is 17.7. The van der Waals surface area contributed by atoms with E-state index in [1.807, 2.05) is 49.4 Å². The third-order valence-corrected chi connectivity index (χ3v) is 7.98. The number of carbonyl (C=O) groups is 1. The summed E-state index contributed by atoms with van der Waals surface area (Å²) in [6.45, 7) is 6.30. The van der Waals surface area contributed by atoms with Gasteiger partial charge in [-0.2, -0.15) is 9.61 Å². The van der Waals surface area contributed by atoms with Crippen LogP contribution in [0.2, 0.25) is 0 Å². The molecule has 0 spiro atoms. The Hall–Kier alpha value is -4.24. The molecule has 4 aromatic rings. The van der Waals surface area contributed by atoms with Crippen LogP contribution >= 0.6 is 0 Å². The standard InChI is InChI=1S/C32H33FN4O4/c1-21-26(19-30(38)39)31-36-13-11-32(2,12-14-36)41-16-5-3-4-15-40-28-18-24(33)9-10-25(28)22-7-6-8-23(17-22)27-20-29(34-21)37(31)35-27/h3,5-10,17-18,20H,4,11-16,19H2,1-2H3,(H,38,39)/b5-3-. The summed E-state index contributed by atoms with van der Waals surface area (Å²) < 4.78 is 28.3. The van der Waals surface area contributed by atoms with Gasteiger partial charge in [0.15, 0.2) is 5.65 Å². The molecule has 212 valence electrons. The van der Waals surface area contributed by atoms with E-state index in [-0.39, 0.29) is 17.8 Å². The summed E-state index contributed by atoms with van der Waals surface area (Å²) >= 11 is 0. The highest BCUT2D eigenvalue weighted by Crippen LogP contribution is 2.36. The third-order valence-electron chi connectivity index (χ3n) is 7.98. The zero-order chi connectivity index (χ0) is 28.6. The maximum atomic E-state index is 14.2. The molecule has 0 atom stereocenters. The van der Waals surface area contributed by atoms with E-state index >= 15 is 0 Å². The molecule has 9 heteroatoms. The number of ether oxygens (including phenoxy) is 2. The van der Waals surface area contributed by atoms with E-state index in [0.717, 1.165) is 35.3 Å². The molecule has 3 aliphatic heterocycles. The monoisotopic (exact) mass is 556 g/mol. The Bertz CT molecular complexity index is 1640. The number of nitrogens with zero attached hydrogens (tertiary/aromatic N) is 4. The highest BCUT2D eigenvalue weighted by atomic mass is 19.1. The van der Waals surface area contributed by atoms with Gasteiger partial charge < -0.3 is 19.5 Å². The van der Waals surface area contributed by atoms with Crippen molar-refractivity contribution in [2.24, 2.45) is 0 Å². The molecule has 1 N–H and O–H groups in total. The zero-order valence-corrected chi connectivity index (χ0v) is 23.3. The van der Waals surface area contributed by atoms with Crippen LogP contribution in [0.1, 0.15) is 37.4 Å². The first-order valence-corrected chi connectivity index (χ1v) is 14.0. The predicted octanol–water partition coefficient (Wildman–Crippen LogP) is 5.85. The third kappa shape index (κ3) is 5.54. The molecule has 0 aliphatic carbocycles. The Morgan fingerprint density at radius 2 is 1.90 bits per heavy atom. The maximum Gasteiger partial charge on any atom is 0.308 e. The molecule has 5 heterocycles. The average Bonchev–Trinajstić information content (AvgIpc) is 3.37. The molecule has 2 aromatic carbocycles. The minimum absolute atomic E-state index is 0.142. The lowest BCUT2D eigenvalue weighted by molar-refractivity contribution is -0.136. The van der Waals surface area contributed by atoms with Gasteiger partial charge in [-0.05, 0) is 56.9 Å². The topological polar surface area (TPSA) is 89.2 Å². The highest BCUT2D eigenvalue weighted by molar-refractivity contribution is 5.78. The summed E-state index contributed by atoms with van der Waals surface area (Å²) in [6.07, 6.45) is 6.14. The molecule has 7 rings (SSSR count). The zero-order valence-electron chi connectivity index (χ0n) is 23.3. The maximum absolute atomic E-state index is 14.2. The molecule has 6 bridgehead atoms. The molecule has 0 amide bonds. The number of fused-ring (bicyclic) bond motifs is 7. The van der Waals surface area contributed by atoms with Crippen LogP contribution in [0, 0.1) is 12.7 Å². The van der Waals surface area contributed by atoms with Crippen molar-refractivity contribution in [2.75, 3.05) is 31.2 Å². The number of hydrogen-bond acceptors (Lipinski definition) is 6. The summed E-state index contributed by atoms with van der Waals surface area (Å²) in [4.78, 5) is 18.9. The Kier molecular flexibility index (Phi) is 7.21. The number of hydrogen-bond donors (Lipinski definition) is 1. The Morgan fingerprint density at radius 3 is 2.71 bits per heavy atom.